The number of nitrogens with two attached hydrogens (primary N) is 1. The number of H-pyrrole nitrogens is 2. The molecule has 0 saturated carbocycles. The Morgan fingerprint density at radius 3 is 2.83 bits per heavy atom. The number of aromatic nitrogens is 2. The number of carboxylic acid groups (broad SMARTS) is 1. The van der Waals surface area contributed by atoms with Crippen LogP contribution in [0.5, 0.6) is 0 Å². The number of imidazole rings is 1. The molecule has 0 bridgehead atoms. The van der Waals surface area contributed by atoms with E-state index in [0.717, 1.165) is 0 Å². The van der Waals surface area contributed by atoms with Gasteiger partial charge in [-0.3, -0.25) is 4.79 Å². The molecule has 0 fully saturated rings. The van der Waals surface area contributed by atoms with Gasteiger partial charge in [-0.1, -0.05) is 0 Å². The van der Waals surface area contributed by atoms with E-state index in [0.29, 0.717) is 5.69 Å². The summed E-state index contributed by atoms with van der Waals surface area (Å²) in [4.78, 5) is 25.6. The lowest BCUT2D eigenvalue weighted by atomic mass is 10.2. The summed E-state index contributed by atoms with van der Waals surface area (Å²) < 4.78 is 0. The maximum atomic E-state index is 10.5. The molecule has 6 nitrogen and oxygen atoms in total. The molecule has 0 aliphatic heterocycles. The lowest BCUT2D eigenvalue weighted by Crippen LogP contribution is -2.32. The number of hydrogen-bond donors (Lipinski definition) is 4. The zero-order chi connectivity index (χ0) is 9.14. The van der Waals surface area contributed by atoms with E-state index in [1.165, 1.54) is 6.20 Å². The van der Waals surface area contributed by atoms with Crippen LogP contribution in [-0.4, -0.2) is 27.1 Å². The van der Waals surface area contributed by atoms with E-state index in [9.17, 15) is 9.59 Å². The SMILES string of the molecule is N[C@@H](Cc1c[nH]c(=O)[nH]1)C(=O)O. The van der Waals surface area contributed by atoms with Gasteiger partial charge in [0.15, 0.2) is 0 Å². The molecule has 1 heterocycles. The fourth-order valence-electron chi connectivity index (χ4n) is 0.805. The number of hydrogen-bond acceptors (Lipinski definition) is 3. The summed E-state index contributed by atoms with van der Waals surface area (Å²) in [6.07, 6.45) is 1.53. The van der Waals surface area contributed by atoms with Crippen molar-refractivity contribution in [3.05, 3.63) is 22.4 Å². The monoisotopic (exact) mass is 171 g/mol. The van der Waals surface area contributed by atoms with Gasteiger partial charge in [0.25, 0.3) is 0 Å². The second-order valence-corrected chi connectivity index (χ2v) is 2.42. The molecule has 0 amide bonds. The zero-order valence-electron chi connectivity index (χ0n) is 6.20. The summed E-state index contributed by atoms with van der Waals surface area (Å²) in [7, 11) is 0. The molecule has 0 radical (unpaired) electrons. The van der Waals surface area contributed by atoms with Crippen molar-refractivity contribution in [2.45, 2.75) is 12.5 Å². The Morgan fingerprint density at radius 1 is 1.75 bits per heavy atom. The van der Waals surface area contributed by atoms with Crippen LogP contribution in [0.2, 0.25) is 0 Å². The molecule has 0 aromatic carbocycles. The lowest BCUT2D eigenvalue weighted by molar-refractivity contribution is -0.138. The lowest BCUT2D eigenvalue weighted by Gasteiger charge is -2.01. The van der Waals surface area contributed by atoms with Gasteiger partial charge in [0.1, 0.15) is 6.04 Å². The predicted octanol–water partition coefficient (Wildman–Crippen LogP) is -1.34. The van der Waals surface area contributed by atoms with Crippen molar-refractivity contribution < 1.29 is 9.90 Å². The third kappa shape index (κ3) is 1.96. The van der Waals surface area contributed by atoms with E-state index in [1.807, 2.05) is 0 Å². The van der Waals surface area contributed by atoms with E-state index in [1.54, 1.807) is 0 Å². The molecular weight excluding hydrogens is 162 g/mol. The van der Waals surface area contributed by atoms with Crippen molar-refractivity contribution in [1.82, 2.24) is 9.97 Å². The molecule has 1 aromatic heterocycles. The first-order valence-corrected chi connectivity index (χ1v) is 3.34. The van der Waals surface area contributed by atoms with E-state index in [-0.39, 0.29) is 12.1 Å². The van der Waals surface area contributed by atoms with Crippen LogP contribution in [0, 0.1) is 0 Å². The molecule has 66 valence electrons. The molecule has 1 rings (SSSR count). The summed E-state index contributed by atoms with van der Waals surface area (Å²) >= 11 is 0. The minimum atomic E-state index is -1.09. The maximum absolute atomic E-state index is 10.5. The minimum absolute atomic E-state index is 0.119. The van der Waals surface area contributed by atoms with Crippen LogP contribution in [-0.2, 0) is 11.2 Å². The van der Waals surface area contributed by atoms with Gasteiger partial charge in [0.2, 0.25) is 0 Å². The Morgan fingerprint density at radius 2 is 2.42 bits per heavy atom. The Hall–Kier alpha value is -1.56. The zero-order valence-corrected chi connectivity index (χ0v) is 6.20. The fourth-order valence-corrected chi connectivity index (χ4v) is 0.805. The Kier molecular flexibility index (Phi) is 2.29. The first-order chi connectivity index (χ1) is 5.59. The fraction of sp³-hybridized carbons (Fsp3) is 0.333. The van der Waals surface area contributed by atoms with Gasteiger partial charge >= 0.3 is 11.7 Å². The maximum Gasteiger partial charge on any atom is 0.323 e. The summed E-state index contributed by atoms with van der Waals surface area (Å²) in [6.45, 7) is 0. The molecule has 6 heteroatoms. The topological polar surface area (TPSA) is 112 Å². The Bertz CT molecular complexity index is 327. The van der Waals surface area contributed by atoms with Crippen LogP contribution in [0.15, 0.2) is 11.0 Å². The largest absolute Gasteiger partial charge is 0.480 e. The quantitative estimate of drug-likeness (QED) is 0.450. The molecule has 5 N–H and O–H groups in total. The Labute approximate surface area is 67.4 Å². The summed E-state index contributed by atoms with van der Waals surface area (Å²) in [5.41, 5.74) is 5.36. The Balaban J connectivity index is 2.64. The highest BCUT2D eigenvalue weighted by Gasteiger charge is 2.12. The molecular formula is C6H9N3O3. The number of aromatic amines is 2. The van der Waals surface area contributed by atoms with Crippen LogP contribution in [0.1, 0.15) is 5.69 Å². The van der Waals surface area contributed by atoms with Crippen molar-refractivity contribution in [2.75, 3.05) is 0 Å². The second-order valence-electron chi connectivity index (χ2n) is 2.42. The van der Waals surface area contributed by atoms with Crippen LogP contribution in [0.25, 0.3) is 0 Å². The van der Waals surface area contributed by atoms with Gasteiger partial charge in [-0.15, -0.1) is 0 Å². The van der Waals surface area contributed by atoms with E-state index >= 15 is 0 Å². The third-order valence-electron chi connectivity index (χ3n) is 1.41. The average molecular weight is 171 g/mol. The normalized spacial score (nSPS) is 12.8. The number of carbonyl (C=O) groups is 1. The predicted molar refractivity (Wildman–Crippen MR) is 40.7 cm³/mol. The standard InChI is InChI=1S/C6H9N3O3/c7-4(5(10)11)1-3-2-8-6(12)9-3/h2,4H,1,7H2,(H,10,11)(H2,8,9,12)/t4-/m0/s1. The molecule has 0 spiro atoms. The van der Waals surface area contributed by atoms with Crippen LogP contribution >= 0.6 is 0 Å². The highest BCUT2D eigenvalue weighted by atomic mass is 16.4. The highest BCUT2D eigenvalue weighted by molar-refractivity contribution is 5.73. The molecule has 1 aromatic rings. The van der Waals surface area contributed by atoms with E-state index in [2.05, 4.69) is 9.97 Å². The van der Waals surface area contributed by atoms with Crippen molar-refractivity contribution in [2.24, 2.45) is 5.73 Å². The highest BCUT2D eigenvalue weighted by Crippen LogP contribution is 1.93. The van der Waals surface area contributed by atoms with Gasteiger partial charge < -0.3 is 20.8 Å². The van der Waals surface area contributed by atoms with Gasteiger partial charge in [-0.2, -0.15) is 0 Å². The number of aliphatic carboxylic acids is 1. The van der Waals surface area contributed by atoms with Gasteiger partial charge in [-0.05, 0) is 0 Å². The molecule has 1 atom stereocenters. The molecule has 0 saturated heterocycles. The number of carboxylic acids is 1. The van der Waals surface area contributed by atoms with Gasteiger partial charge in [0.05, 0.1) is 0 Å². The first kappa shape index (κ1) is 8.54. The summed E-state index contributed by atoms with van der Waals surface area (Å²) in [6, 6.07) is -0.976. The van der Waals surface area contributed by atoms with Crippen molar-refractivity contribution in [1.29, 1.82) is 0 Å². The van der Waals surface area contributed by atoms with E-state index in [4.69, 9.17) is 10.8 Å². The minimum Gasteiger partial charge on any atom is -0.480 e. The van der Waals surface area contributed by atoms with Crippen molar-refractivity contribution in [3.63, 3.8) is 0 Å². The molecule has 0 aliphatic carbocycles. The van der Waals surface area contributed by atoms with Crippen LogP contribution in [0.3, 0.4) is 0 Å². The molecule has 12 heavy (non-hydrogen) atoms. The smallest absolute Gasteiger partial charge is 0.323 e. The summed E-state index contributed by atoms with van der Waals surface area (Å²) in [5.74, 6) is -1.09. The number of rotatable bonds is 3. The van der Waals surface area contributed by atoms with Crippen LogP contribution < -0.4 is 11.4 Å². The van der Waals surface area contributed by atoms with Crippen LogP contribution in [0.4, 0.5) is 0 Å². The summed E-state index contributed by atoms with van der Waals surface area (Å²) in [5, 5.41) is 8.42. The van der Waals surface area contributed by atoms with Gasteiger partial charge in [-0.25, -0.2) is 4.79 Å². The average Bonchev–Trinajstić information content (AvgIpc) is 2.35. The second kappa shape index (κ2) is 3.22. The third-order valence-corrected chi connectivity index (χ3v) is 1.41. The first-order valence-electron chi connectivity index (χ1n) is 3.34. The molecule has 0 aliphatic rings. The van der Waals surface area contributed by atoms with Crippen molar-refractivity contribution >= 4 is 5.97 Å². The van der Waals surface area contributed by atoms with E-state index < -0.39 is 12.0 Å². The van der Waals surface area contributed by atoms with Crippen molar-refractivity contribution in [3.8, 4) is 0 Å². The van der Waals surface area contributed by atoms with Gasteiger partial charge in [0, 0.05) is 18.3 Å². The molecule has 0 unspecified atom stereocenters. The number of nitrogens with one attached hydrogen (secondary N) is 2.